The van der Waals surface area contributed by atoms with Gasteiger partial charge in [-0.2, -0.15) is 17.5 Å². The molecule has 1 atom stereocenters. The summed E-state index contributed by atoms with van der Waals surface area (Å²) in [4.78, 5) is 13.1. The molecule has 1 aliphatic rings. The molecule has 1 fully saturated rings. The molecule has 4 aromatic rings. The highest BCUT2D eigenvalue weighted by Gasteiger charge is 2.40. The summed E-state index contributed by atoms with van der Waals surface area (Å²) in [6, 6.07) is 19.7. The number of aryl methyl sites for hydroxylation is 1. The summed E-state index contributed by atoms with van der Waals surface area (Å²) in [5.41, 5.74) is 1.41. The summed E-state index contributed by atoms with van der Waals surface area (Å²) in [6.45, 7) is 0.409. The molecule has 10 heteroatoms. The molecule has 0 bridgehead atoms. The Kier molecular flexibility index (Phi) is 7.51. The van der Waals surface area contributed by atoms with Crippen LogP contribution in [-0.4, -0.2) is 31.1 Å². The lowest BCUT2D eigenvalue weighted by Gasteiger charge is -2.21. The Bertz CT molecular complexity index is 1550. The number of halogens is 3. The third-order valence-electron chi connectivity index (χ3n) is 6.78. The molecule has 1 saturated heterocycles. The van der Waals surface area contributed by atoms with Gasteiger partial charge in [0.15, 0.2) is 5.78 Å². The molecular formula is C29H26F3NO5S. The summed E-state index contributed by atoms with van der Waals surface area (Å²) in [7, 11) is -3.96. The van der Waals surface area contributed by atoms with Crippen LogP contribution in [0.25, 0.3) is 11.0 Å². The van der Waals surface area contributed by atoms with Gasteiger partial charge in [-0.1, -0.05) is 42.5 Å². The van der Waals surface area contributed by atoms with Gasteiger partial charge in [-0.15, -0.1) is 0 Å². The summed E-state index contributed by atoms with van der Waals surface area (Å²) in [6.07, 6.45) is -2.77. The maximum Gasteiger partial charge on any atom is 0.416 e. The van der Waals surface area contributed by atoms with Crippen LogP contribution in [0.1, 0.15) is 36.0 Å². The number of para-hydroxylation sites is 1. The van der Waals surface area contributed by atoms with E-state index in [0.717, 1.165) is 23.3 Å². The first kappa shape index (κ1) is 27.0. The van der Waals surface area contributed by atoms with Crippen LogP contribution in [0.15, 0.2) is 88.4 Å². The minimum absolute atomic E-state index is 0.152. The van der Waals surface area contributed by atoms with Crippen molar-refractivity contribution in [2.45, 2.75) is 49.6 Å². The normalized spacial score (nSPS) is 16.5. The van der Waals surface area contributed by atoms with Crippen molar-refractivity contribution in [3.05, 3.63) is 95.6 Å². The third kappa shape index (κ3) is 6.02. The molecule has 0 radical (unpaired) electrons. The largest absolute Gasteiger partial charge is 0.489 e. The summed E-state index contributed by atoms with van der Waals surface area (Å²) < 4.78 is 77.3. The first-order chi connectivity index (χ1) is 18.6. The quantitative estimate of drug-likeness (QED) is 0.239. The summed E-state index contributed by atoms with van der Waals surface area (Å²) in [5.74, 6) is 0.161. The van der Waals surface area contributed by atoms with Gasteiger partial charge < -0.3 is 9.15 Å². The SMILES string of the molecule is O=C(CCc1cccc(COc2ccc(C(F)(F)F)cc2)c1)[C@@H]1CCCN1S(=O)(=O)c1cc2ccccc2o1. The molecule has 2 heterocycles. The Morgan fingerprint density at radius 2 is 1.72 bits per heavy atom. The van der Waals surface area contributed by atoms with Crippen LogP contribution in [0.2, 0.25) is 0 Å². The van der Waals surface area contributed by atoms with Crippen LogP contribution in [0.5, 0.6) is 5.75 Å². The van der Waals surface area contributed by atoms with Crippen molar-refractivity contribution in [3.8, 4) is 5.75 Å². The zero-order valence-corrected chi connectivity index (χ0v) is 21.7. The molecule has 0 N–H and O–H groups in total. The van der Waals surface area contributed by atoms with Crippen LogP contribution < -0.4 is 4.74 Å². The lowest BCUT2D eigenvalue weighted by Crippen LogP contribution is -2.40. The summed E-state index contributed by atoms with van der Waals surface area (Å²) >= 11 is 0. The van der Waals surface area contributed by atoms with E-state index < -0.39 is 27.8 Å². The van der Waals surface area contributed by atoms with E-state index in [2.05, 4.69) is 0 Å². The van der Waals surface area contributed by atoms with Crippen molar-refractivity contribution >= 4 is 26.8 Å². The molecule has 0 unspecified atom stereocenters. The third-order valence-corrected chi connectivity index (χ3v) is 8.54. The van der Waals surface area contributed by atoms with Crippen LogP contribution in [0, 0.1) is 0 Å². The fourth-order valence-electron chi connectivity index (χ4n) is 4.77. The Balaban J connectivity index is 1.20. The number of sulfonamides is 1. The Morgan fingerprint density at radius 1 is 0.974 bits per heavy atom. The maximum atomic E-state index is 13.3. The second-order valence-corrected chi connectivity index (χ2v) is 11.3. The number of rotatable bonds is 9. The van der Waals surface area contributed by atoms with Crippen LogP contribution >= 0.6 is 0 Å². The topological polar surface area (TPSA) is 76.8 Å². The number of hydrogen-bond donors (Lipinski definition) is 0. The van der Waals surface area contributed by atoms with E-state index in [1.54, 1.807) is 24.3 Å². The first-order valence-electron chi connectivity index (χ1n) is 12.5. The van der Waals surface area contributed by atoms with Gasteiger partial charge in [0.1, 0.15) is 17.9 Å². The van der Waals surface area contributed by atoms with E-state index in [-0.39, 0.29) is 30.4 Å². The van der Waals surface area contributed by atoms with E-state index >= 15 is 0 Å². The number of alkyl halides is 3. The number of ketones is 1. The molecule has 1 aromatic heterocycles. The van der Waals surface area contributed by atoms with E-state index in [4.69, 9.17) is 9.15 Å². The zero-order chi connectivity index (χ0) is 27.6. The molecule has 5 rings (SSSR count). The highest BCUT2D eigenvalue weighted by atomic mass is 32.2. The number of carbonyl (C=O) groups excluding carboxylic acids is 1. The van der Waals surface area contributed by atoms with Gasteiger partial charge in [0.2, 0.25) is 5.09 Å². The van der Waals surface area contributed by atoms with E-state index in [1.165, 1.54) is 22.5 Å². The van der Waals surface area contributed by atoms with Crippen LogP contribution in [0.3, 0.4) is 0 Å². The lowest BCUT2D eigenvalue weighted by atomic mass is 10.0. The van der Waals surface area contributed by atoms with Gasteiger partial charge in [-0.3, -0.25) is 4.79 Å². The number of hydrogen-bond acceptors (Lipinski definition) is 5. The molecular weight excluding hydrogens is 531 g/mol. The number of nitrogens with zero attached hydrogens (tertiary/aromatic N) is 1. The average molecular weight is 558 g/mol. The summed E-state index contributed by atoms with van der Waals surface area (Å²) in [5, 5.41) is 0.518. The van der Waals surface area contributed by atoms with Crippen molar-refractivity contribution in [1.29, 1.82) is 0 Å². The van der Waals surface area contributed by atoms with E-state index in [1.807, 2.05) is 24.3 Å². The van der Waals surface area contributed by atoms with Gasteiger partial charge in [0.25, 0.3) is 10.0 Å². The smallest absolute Gasteiger partial charge is 0.416 e. The monoisotopic (exact) mass is 557 g/mol. The van der Waals surface area contributed by atoms with Crippen LogP contribution in [0.4, 0.5) is 13.2 Å². The molecule has 204 valence electrons. The van der Waals surface area contributed by atoms with Crippen molar-refractivity contribution in [2.24, 2.45) is 0 Å². The number of carbonyl (C=O) groups is 1. The molecule has 0 aliphatic carbocycles. The molecule has 3 aromatic carbocycles. The number of Topliss-reactive ketones (excluding diaryl/α,β-unsaturated/α-hetero) is 1. The predicted molar refractivity (Wildman–Crippen MR) is 139 cm³/mol. The Morgan fingerprint density at radius 3 is 2.46 bits per heavy atom. The Labute approximate surface area is 224 Å². The second kappa shape index (κ2) is 10.9. The number of fused-ring (bicyclic) bond motifs is 1. The molecule has 39 heavy (non-hydrogen) atoms. The predicted octanol–water partition coefficient (Wildman–Crippen LogP) is 6.39. The fraction of sp³-hybridized carbons (Fsp3) is 0.276. The maximum absolute atomic E-state index is 13.3. The zero-order valence-electron chi connectivity index (χ0n) is 20.9. The van der Waals surface area contributed by atoms with Crippen molar-refractivity contribution in [3.63, 3.8) is 0 Å². The Hall–Kier alpha value is -3.63. The standard InChI is InChI=1S/C29H26F3NO5S/c30-29(31,32)23-11-13-24(14-12-23)37-19-21-6-3-5-20(17-21)10-15-26(34)25-8-4-16-33(25)39(35,36)28-18-22-7-1-2-9-27(22)38-28/h1-3,5-7,9,11-14,17-18,25H,4,8,10,15-16,19H2/t25-/m0/s1. The lowest BCUT2D eigenvalue weighted by molar-refractivity contribution is -0.137. The van der Waals surface area contributed by atoms with Gasteiger partial charge >= 0.3 is 6.18 Å². The second-order valence-electron chi connectivity index (χ2n) is 9.47. The van der Waals surface area contributed by atoms with Crippen molar-refractivity contribution in [1.82, 2.24) is 4.31 Å². The minimum Gasteiger partial charge on any atom is -0.489 e. The molecule has 0 saturated carbocycles. The van der Waals surface area contributed by atoms with Crippen molar-refractivity contribution in [2.75, 3.05) is 6.54 Å². The van der Waals surface area contributed by atoms with Crippen molar-refractivity contribution < 1.29 is 35.5 Å². The van der Waals surface area contributed by atoms with Gasteiger partial charge in [-0.25, -0.2) is 8.42 Å². The minimum atomic E-state index is -4.41. The highest BCUT2D eigenvalue weighted by Crippen LogP contribution is 2.32. The highest BCUT2D eigenvalue weighted by molar-refractivity contribution is 7.89. The molecule has 6 nitrogen and oxygen atoms in total. The van der Waals surface area contributed by atoms with Gasteiger partial charge in [0.05, 0.1) is 11.6 Å². The van der Waals surface area contributed by atoms with E-state index in [0.29, 0.717) is 36.0 Å². The first-order valence-corrected chi connectivity index (χ1v) is 14.0. The molecule has 0 spiro atoms. The number of benzene rings is 3. The number of ether oxygens (including phenoxy) is 1. The molecule has 0 amide bonds. The molecule has 1 aliphatic heterocycles. The average Bonchev–Trinajstić information content (AvgIpc) is 3.59. The fourth-order valence-corrected chi connectivity index (χ4v) is 6.40. The van der Waals surface area contributed by atoms with Gasteiger partial charge in [-0.05, 0) is 60.7 Å². The number of furan rings is 1. The van der Waals surface area contributed by atoms with Gasteiger partial charge in [0, 0.05) is 24.4 Å². The van der Waals surface area contributed by atoms with Crippen LogP contribution in [-0.2, 0) is 34.0 Å². The van der Waals surface area contributed by atoms with E-state index in [9.17, 15) is 26.4 Å².